The van der Waals surface area contributed by atoms with Gasteiger partial charge in [-0.25, -0.2) is 0 Å². The Kier molecular flexibility index (Phi) is 4.62. The molecule has 0 aromatic rings. The van der Waals surface area contributed by atoms with Gasteiger partial charge in [0.25, 0.3) is 0 Å². The largest absolute Gasteiger partial charge is 0.393 e. The molecule has 3 nitrogen and oxygen atoms in total. The van der Waals surface area contributed by atoms with Crippen LogP contribution in [0.3, 0.4) is 0 Å². The third-order valence-electron chi connectivity index (χ3n) is 4.01. The Morgan fingerprint density at radius 3 is 2.75 bits per heavy atom. The van der Waals surface area contributed by atoms with E-state index >= 15 is 0 Å². The standard InChI is InChI=1S/C13H25NO2/c1-14(10-13-7-2-3-8-16-13)11-5-4-6-12(15)9-11/h11-13,15H,2-10H2,1H3. The molecule has 1 heterocycles. The molecule has 2 aliphatic rings. The van der Waals surface area contributed by atoms with Crippen LogP contribution in [0.2, 0.25) is 0 Å². The van der Waals surface area contributed by atoms with Crippen LogP contribution in [0, 0.1) is 0 Å². The summed E-state index contributed by atoms with van der Waals surface area (Å²) < 4.78 is 5.76. The van der Waals surface area contributed by atoms with Crippen molar-refractivity contribution >= 4 is 0 Å². The van der Waals surface area contributed by atoms with Gasteiger partial charge in [0.15, 0.2) is 0 Å². The molecule has 0 spiro atoms. The highest BCUT2D eigenvalue weighted by Gasteiger charge is 2.25. The molecule has 1 N–H and O–H groups in total. The van der Waals surface area contributed by atoms with Gasteiger partial charge in [0.05, 0.1) is 12.2 Å². The fourth-order valence-electron chi connectivity index (χ4n) is 2.96. The maximum atomic E-state index is 9.68. The number of likely N-dealkylation sites (N-methyl/N-ethyl adjacent to an activating group) is 1. The van der Waals surface area contributed by atoms with Crippen LogP contribution >= 0.6 is 0 Å². The Bertz CT molecular complexity index is 204. The van der Waals surface area contributed by atoms with Gasteiger partial charge in [-0.2, -0.15) is 0 Å². The van der Waals surface area contributed by atoms with Gasteiger partial charge < -0.3 is 14.7 Å². The third-order valence-corrected chi connectivity index (χ3v) is 4.01. The Hall–Kier alpha value is -0.120. The van der Waals surface area contributed by atoms with Crippen LogP contribution in [0.25, 0.3) is 0 Å². The van der Waals surface area contributed by atoms with Crippen LogP contribution in [0.15, 0.2) is 0 Å². The van der Waals surface area contributed by atoms with Gasteiger partial charge in [0.2, 0.25) is 0 Å². The second kappa shape index (κ2) is 5.99. The van der Waals surface area contributed by atoms with Crippen molar-refractivity contribution in [3.8, 4) is 0 Å². The van der Waals surface area contributed by atoms with Crippen molar-refractivity contribution in [2.45, 2.75) is 63.2 Å². The molecule has 3 atom stereocenters. The van der Waals surface area contributed by atoms with Crippen molar-refractivity contribution in [2.75, 3.05) is 20.2 Å². The molecule has 0 aromatic carbocycles. The van der Waals surface area contributed by atoms with Crippen molar-refractivity contribution in [1.82, 2.24) is 4.90 Å². The molecule has 1 saturated carbocycles. The first-order valence-electron chi connectivity index (χ1n) is 6.75. The molecule has 1 saturated heterocycles. The third kappa shape index (κ3) is 3.44. The number of aliphatic hydroxyl groups excluding tert-OH is 1. The van der Waals surface area contributed by atoms with Gasteiger partial charge in [-0.15, -0.1) is 0 Å². The highest BCUT2D eigenvalue weighted by molar-refractivity contribution is 4.80. The predicted molar refractivity (Wildman–Crippen MR) is 64.5 cm³/mol. The first kappa shape index (κ1) is 12.3. The summed E-state index contributed by atoms with van der Waals surface area (Å²) in [4.78, 5) is 2.40. The Morgan fingerprint density at radius 2 is 2.06 bits per heavy atom. The van der Waals surface area contributed by atoms with Gasteiger partial charge in [0.1, 0.15) is 0 Å². The first-order valence-corrected chi connectivity index (χ1v) is 6.75. The fraction of sp³-hybridized carbons (Fsp3) is 1.00. The summed E-state index contributed by atoms with van der Waals surface area (Å²) in [5.41, 5.74) is 0. The topological polar surface area (TPSA) is 32.7 Å². The van der Waals surface area contributed by atoms with E-state index in [-0.39, 0.29) is 6.10 Å². The number of hydrogen-bond donors (Lipinski definition) is 1. The van der Waals surface area contributed by atoms with Gasteiger partial charge in [-0.1, -0.05) is 0 Å². The van der Waals surface area contributed by atoms with Crippen molar-refractivity contribution in [1.29, 1.82) is 0 Å². The number of ether oxygens (including phenoxy) is 1. The molecule has 2 rings (SSSR count). The minimum Gasteiger partial charge on any atom is -0.393 e. The van der Waals surface area contributed by atoms with Crippen molar-refractivity contribution in [2.24, 2.45) is 0 Å². The van der Waals surface area contributed by atoms with Gasteiger partial charge >= 0.3 is 0 Å². The van der Waals surface area contributed by atoms with Crippen molar-refractivity contribution < 1.29 is 9.84 Å². The molecule has 0 aromatic heterocycles. The van der Waals surface area contributed by atoms with Gasteiger partial charge in [-0.05, 0) is 52.0 Å². The monoisotopic (exact) mass is 227 g/mol. The summed E-state index contributed by atoms with van der Waals surface area (Å²) in [5, 5.41) is 9.68. The molecular weight excluding hydrogens is 202 g/mol. The number of nitrogens with zero attached hydrogens (tertiary/aromatic N) is 1. The summed E-state index contributed by atoms with van der Waals surface area (Å²) in [6.45, 7) is 1.98. The highest BCUT2D eigenvalue weighted by Crippen LogP contribution is 2.23. The zero-order valence-electron chi connectivity index (χ0n) is 10.4. The smallest absolute Gasteiger partial charge is 0.0702 e. The molecule has 94 valence electrons. The van der Waals surface area contributed by atoms with E-state index in [4.69, 9.17) is 4.74 Å². The van der Waals surface area contributed by atoms with E-state index in [0.717, 1.165) is 26.0 Å². The van der Waals surface area contributed by atoms with Crippen LogP contribution in [-0.2, 0) is 4.74 Å². The summed E-state index contributed by atoms with van der Waals surface area (Å²) in [7, 11) is 2.18. The zero-order chi connectivity index (χ0) is 11.4. The van der Waals surface area contributed by atoms with E-state index in [9.17, 15) is 5.11 Å². The molecule has 0 amide bonds. The molecule has 16 heavy (non-hydrogen) atoms. The zero-order valence-corrected chi connectivity index (χ0v) is 10.4. The summed E-state index contributed by atoms with van der Waals surface area (Å²) >= 11 is 0. The average molecular weight is 227 g/mol. The van der Waals surface area contributed by atoms with E-state index in [1.165, 1.54) is 32.1 Å². The minimum absolute atomic E-state index is 0.0755. The molecule has 3 heteroatoms. The predicted octanol–water partition coefficient (Wildman–Crippen LogP) is 1.79. The maximum absolute atomic E-state index is 9.68. The highest BCUT2D eigenvalue weighted by atomic mass is 16.5. The Labute approximate surface area is 98.8 Å². The van der Waals surface area contributed by atoms with Crippen LogP contribution in [0.5, 0.6) is 0 Å². The van der Waals surface area contributed by atoms with Gasteiger partial charge in [-0.3, -0.25) is 0 Å². The van der Waals surface area contributed by atoms with E-state index in [2.05, 4.69) is 11.9 Å². The second-order valence-electron chi connectivity index (χ2n) is 5.40. The fourth-order valence-corrected chi connectivity index (χ4v) is 2.96. The SMILES string of the molecule is CN(CC1CCCCO1)C1CCCC(O)C1. The Balaban J connectivity index is 1.75. The van der Waals surface area contributed by atoms with E-state index in [0.29, 0.717) is 12.1 Å². The quantitative estimate of drug-likeness (QED) is 0.798. The van der Waals surface area contributed by atoms with Crippen LogP contribution in [0.4, 0.5) is 0 Å². The molecule has 1 aliphatic carbocycles. The summed E-state index contributed by atoms with van der Waals surface area (Å²) in [6, 6.07) is 0.564. The molecule has 0 radical (unpaired) electrons. The second-order valence-corrected chi connectivity index (χ2v) is 5.40. The van der Waals surface area contributed by atoms with E-state index < -0.39 is 0 Å². The summed E-state index contributed by atoms with van der Waals surface area (Å²) in [6.07, 6.45) is 8.44. The minimum atomic E-state index is -0.0755. The van der Waals surface area contributed by atoms with Gasteiger partial charge in [0, 0.05) is 19.2 Å². The van der Waals surface area contributed by atoms with E-state index in [1.54, 1.807) is 0 Å². The lowest BCUT2D eigenvalue weighted by atomic mass is 9.92. The van der Waals surface area contributed by atoms with Crippen LogP contribution in [0.1, 0.15) is 44.9 Å². The lowest BCUT2D eigenvalue weighted by Gasteiger charge is -2.36. The first-order chi connectivity index (χ1) is 7.75. The Morgan fingerprint density at radius 1 is 1.19 bits per heavy atom. The maximum Gasteiger partial charge on any atom is 0.0702 e. The lowest BCUT2D eigenvalue weighted by molar-refractivity contribution is -0.0176. The average Bonchev–Trinajstić information content (AvgIpc) is 2.30. The van der Waals surface area contributed by atoms with Crippen molar-refractivity contribution in [3.05, 3.63) is 0 Å². The molecular formula is C13H25NO2. The lowest BCUT2D eigenvalue weighted by Crippen LogP contribution is -2.42. The molecule has 2 fully saturated rings. The molecule has 1 aliphatic heterocycles. The van der Waals surface area contributed by atoms with Crippen LogP contribution < -0.4 is 0 Å². The van der Waals surface area contributed by atoms with Crippen molar-refractivity contribution in [3.63, 3.8) is 0 Å². The molecule has 3 unspecified atom stereocenters. The number of rotatable bonds is 3. The number of hydrogen-bond acceptors (Lipinski definition) is 3. The number of aliphatic hydroxyl groups is 1. The summed E-state index contributed by atoms with van der Waals surface area (Å²) in [5.74, 6) is 0. The normalized spacial score (nSPS) is 36.6. The molecule has 0 bridgehead atoms. The van der Waals surface area contributed by atoms with Crippen LogP contribution in [-0.4, -0.2) is 48.5 Å². The van der Waals surface area contributed by atoms with E-state index in [1.807, 2.05) is 0 Å².